The van der Waals surface area contributed by atoms with Crippen molar-refractivity contribution in [1.29, 1.82) is 0 Å². The maximum atomic E-state index is 11.1. The Kier molecular flexibility index (Phi) is 3.62. The number of nitrogens with zero attached hydrogens (tertiary/aromatic N) is 1. The van der Waals surface area contributed by atoms with Crippen molar-refractivity contribution in [2.24, 2.45) is 0 Å². The van der Waals surface area contributed by atoms with Gasteiger partial charge in [0.1, 0.15) is 5.01 Å². The van der Waals surface area contributed by atoms with Gasteiger partial charge in [0.25, 0.3) is 0 Å². The van der Waals surface area contributed by atoms with Crippen LogP contribution in [0.3, 0.4) is 0 Å². The quantitative estimate of drug-likeness (QED) is 0.887. The first-order valence-electron chi connectivity index (χ1n) is 5.59. The monoisotopic (exact) mass is 262 g/mol. The number of carboxylic acids is 1. The van der Waals surface area contributed by atoms with Gasteiger partial charge in [0.15, 0.2) is 0 Å². The van der Waals surface area contributed by atoms with E-state index >= 15 is 0 Å². The second-order valence-corrected chi connectivity index (χ2v) is 5.29. The highest BCUT2D eigenvalue weighted by Crippen LogP contribution is 2.25. The first-order chi connectivity index (χ1) is 8.58. The smallest absolute Gasteiger partial charge is 0.337 e. The maximum absolute atomic E-state index is 11.1. The lowest BCUT2D eigenvalue weighted by atomic mass is 10.1. The summed E-state index contributed by atoms with van der Waals surface area (Å²) in [5.41, 5.74) is 0.892. The van der Waals surface area contributed by atoms with Crippen LogP contribution in [0.4, 0.5) is 5.69 Å². The average molecular weight is 262 g/mol. The van der Waals surface area contributed by atoms with E-state index in [1.54, 1.807) is 29.5 Å². The standard InChI is InChI=1S/C13H14N2O2S/c1-8-7-14-12(18-8)9(2)15-11-6-4-3-5-10(11)13(16)17/h3-7,9,15H,1-2H3,(H,16,17). The molecule has 0 radical (unpaired) electrons. The molecule has 0 aliphatic heterocycles. The molecule has 1 aromatic heterocycles. The van der Waals surface area contributed by atoms with Crippen molar-refractivity contribution in [2.45, 2.75) is 19.9 Å². The molecule has 0 amide bonds. The number of anilines is 1. The minimum atomic E-state index is -0.930. The zero-order chi connectivity index (χ0) is 13.1. The van der Waals surface area contributed by atoms with E-state index < -0.39 is 5.97 Å². The van der Waals surface area contributed by atoms with Crippen molar-refractivity contribution in [3.8, 4) is 0 Å². The molecule has 2 aromatic rings. The number of benzene rings is 1. The van der Waals surface area contributed by atoms with Crippen LogP contribution in [0.2, 0.25) is 0 Å². The summed E-state index contributed by atoms with van der Waals surface area (Å²) >= 11 is 1.61. The number of carboxylic acid groups (broad SMARTS) is 1. The lowest BCUT2D eigenvalue weighted by Crippen LogP contribution is -2.10. The molecule has 2 N–H and O–H groups in total. The molecule has 1 atom stereocenters. The second kappa shape index (κ2) is 5.18. The Morgan fingerprint density at radius 2 is 2.17 bits per heavy atom. The molecule has 1 unspecified atom stereocenters. The first-order valence-corrected chi connectivity index (χ1v) is 6.41. The molecule has 1 heterocycles. The van der Waals surface area contributed by atoms with E-state index in [2.05, 4.69) is 10.3 Å². The number of rotatable bonds is 4. The van der Waals surface area contributed by atoms with E-state index in [9.17, 15) is 4.79 Å². The van der Waals surface area contributed by atoms with E-state index in [0.29, 0.717) is 5.69 Å². The van der Waals surface area contributed by atoms with Gasteiger partial charge in [-0.15, -0.1) is 11.3 Å². The summed E-state index contributed by atoms with van der Waals surface area (Å²) in [4.78, 5) is 16.5. The fourth-order valence-corrected chi connectivity index (χ4v) is 2.44. The Bertz CT molecular complexity index is 566. The molecular formula is C13H14N2O2S. The number of aromatic carboxylic acids is 1. The van der Waals surface area contributed by atoms with E-state index in [1.807, 2.05) is 26.1 Å². The highest BCUT2D eigenvalue weighted by molar-refractivity contribution is 7.11. The zero-order valence-corrected chi connectivity index (χ0v) is 11.0. The third-order valence-electron chi connectivity index (χ3n) is 2.54. The third kappa shape index (κ3) is 2.68. The second-order valence-electron chi connectivity index (χ2n) is 4.03. The summed E-state index contributed by atoms with van der Waals surface area (Å²) in [5.74, 6) is -0.930. The van der Waals surface area contributed by atoms with Gasteiger partial charge >= 0.3 is 5.97 Å². The molecule has 0 aliphatic carbocycles. The van der Waals surface area contributed by atoms with Gasteiger partial charge in [-0.2, -0.15) is 0 Å². The number of hydrogen-bond acceptors (Lipinski definition) is 4. The summed E-state index contributed by atoms with van der Waals surface area (Å²) in [6.07, 6.45) is 1.82. The van der Waals surface area contributed by atoms with Crippen LogP contribution in [0.25, 0.3) is 0 Å². The fourth-order valence-electron chi connectivity index (χ4n) is 1.66. The molecule has 5 heteroatoms. The molecular weight excluding hydrogens is 248 g/mol. The van der Waals surface area contributed by atoms with Crippen molar-refractivity contribution in [2.75, 3.05) is 5.32 Å². The van der Waals surface area contributed by atoms with E-state index in [4.69, 9.17) is 5.11 Å². The maximum Gasteiger partial charge on any atom is 0.337 e. The van der Waals surface area contributed by atoms with Crippen molar-refractivity contribution in [1.82, 2.24) is 4.98 Å². The molecule has 0 bridgehead atoms. The molecule has 0 aliphatic rings. The summed E-state index contributed by atoms with van der Waals surface area (Å²) in [6.45, 7) is 3.97. The van der Waals surface area contributed by atoms with Gasteiger partial charge in [-0.05, 0) is 26.0 Å². The Morgan fingerprint density at radius 1 is 1.44 bits per heavy atom. The lowest BCUT2D eigenvalue weighted by Gasteiger charge is -2.14. The largest absolute Gasteiger partial charge is 0.478 e. The number of carbonyl (C=O) groups is 1. The number of para-hydroxylation sites is 1. The van der Waals surface area contributed by atoms with Crippen molar-refractivity contribution in [3.05, 3.63) is 45.9 Å². The number of hydrogen-bond donors (Lipinski definition) is 2. The van der Waals surface area contributed by atoms with Crippen LogP contribution in [0, 0.1) is 6.92 Å². The highest BCUT2D eigenvalue weighted by Gasteiger charge is 2.14. The molecule has 18 heavy (non-hydrogen) atoms. The van der Waals surface area contributed by atoms with Gasteiger partial charge in [0.05, 0.1) is 11.6 Å². The molecule has 0 saturated carbocycles. The van der Waals surface area contributed by atoms with Crippen LogP contribution >= 0.6 is 11.3 Å². The molecule has 4 nitrogen and oxygen atoms in total. The summed E-state index contributed by atoms with van der Waals surface area (Å²) in [7, 11) is 0. The van der Waals surface area contributed by atoms with Crippen LogP contribution in [0.1, 0.15) is 33.2 Å². The lowest BCUT2D eigenvalue weighted by molar-refractivity contribution is 0.0698. The van der Waals surface area contributed by atoms with Gasteiger partial charge in [0.2, 0.25) is 0 Å². The minimum absolute atomic E-state index is 0.0100. The van der Waals surface area contributed by atoms with E-state index in [1.165, 1.54) is 0 Å². The van der Waals surface area contributed by atoms with Gasteiger partial charge in [0, 0.05) is 16.8 Å². The predicted molar refractivity (Wildman–Crippen MR) is 72.3 cm³/mol. The number of thiazole rings is 1. The normalized spacial score (nSPS) is 12.1. The predicted octanol–water partition coefficient (Wildman–Crippen LogP) is 3.32. The van der Waals surface area contributed by atoms with Crippen molar-refractivity contribution < 1.29 is 9.90 Å². The average Bonchev–Trinajstić information content (AvgIpc) is 2.76. The van der Waals surface area contributed by atoms with Gasteiger partial charge in [-0.1, -0.05) is 12.1 Å². The van der Waals surface area contributed by atoms with Gasteiger partial charge in [-0.3, -0.25) is 0 Å². The minimum Gasteiger partial charge on any atom is -0.478 e. The van der Waals surface area contributed by atoms with E-state index in [-0.39, 0.29) is 11.6 Å². The van der Waals surface area contributed by atoms with E-state index in [0.717, 1.165) is 9.88 Å². The number of aryl methyl sites for hydroxylation is 1. The SMILES string of the molecule is Cc1cnc(C(C)Nc2ccccc2C(=O)O)s1. The number of nitrogens with one attached hydrogen (secondary N) is 1. The Balaban J connectivity index is 2.21. The molecule has 2 rings (SSSR count). The summed E-state index contributed by atoms with van der Waals surface area (Å²) in [6, 6.07) is 6.87. The van der Waals surface area contributed by atoms with Crippen LogP contribution in [0.15, 0.2) is 30.5 Å². The first kappa shape index (κ1) is 12.6. The summed E-state index contributed by atoms with van der Waals surface area (Å²) in [5, 5.41) is 13.2. The molecule has 94 valence electrons. The van der Waals surface area contributed by atoms with Gasteiger partial charge in [-0.25, -0.2) is 9.78 Å². The Labute approximate surface area is 109 Å². The van der Waals surface area contributed by atoms with Crippen LogP contribution in [-0.4, -0.2) is 16.1 Å². The zero-order valence-electron chi connectivity index (χ0n) is 10.2. The van der Waals surface area contributed by atoms with Crippen LogP contribution in [-0.2, 0) is 0 Å². The van der Waals surface area contributed by atoms with Crippen LogP contribution < -0.4 is 5.32 Å². The Morgan fingerprint density at radius 3 is 2.78 bits per heavy atom. The fraction of sp³-hybridized carbons (Fsp3) is 0.231. The number of aromatic nitrogens is 1. The molecule has 0 fully saturated rings. The molecule has 0 spiro atoms. The topological polar surface area (TPSA) is 62.2 Å². The molecule has 0 saturated heterocycles. The third-order valence-corrected chi connectivity index (χ3v) is 3.63. The summed E-state index contributed by atoms with van der Waals surface area (Å²) < 4.78 is 0. The Hall–Kier alpha value is -1.88. The van der Waals surface area contributed by atoms with Crippen LogP contribution in [0.5, 0.6) is 0 Å². The van der Waals surface area contributed by atoms with Crippen molar-refractivity contribution in [3.63, 3.8) is 0 Å². The van der Waals surface area contributed by atoms with Crippen molar-refractivity contribution >= 4 is 23.0 Å². The molecule has 1 aromatic carbocycles. The highest BCUT2D eigenvalue weighted by atomic mass is 32.1. The van der Waals surface area contributed by atoms with Gasteiger partial charge < -0.3 is 10.4 Å².